The number of ketones is 1. The maximum Gasteiger partial charge on any atom is 0.328 e. The second kappa shape index (κ2) is 14.4. The van der Waals surface area contributed by atoms with Gasteiger partial charge in [0, 0.05) is 18.9 Å². The number of nitrogens with one attached hydrogen (secondary N) is 1. The highest BCUT2D eigenvalue weighted by Gasteiger charge is 2.28. The second-order valence-electron chi connectivity index (χ2n) is 8.77. The van der Waals surface area contributed by atoms with E-state index in [-0.39, 0.29) is 11.5 Å². The van der Waals surface area contributed by atoms with Crippen LogP contribution in [0.4, 0.5) is 0 Å². The molecule has 1 fully saturated rings. The zero-order valence-corrected chi connectivity index (χ0v) is 22.2. The van der Waals surface area contributed by atoms with Gasteiger partial charge < -0.3 is 43.6 Å². The van der Waals surface area contributed by atoms with Crippen LogP contribution in [0.3, 0.4) is 0 Å². The quantitative estimate of drug-likeness (QED) is 0.234. The number of aliphatic carboxylic acids is 2. The number of carboxylic acids is 2. The Hall–Kier alpha value is -4.77. The number of methoxy groups -OCH3 is 2. The van der Waals surface area contributed by atoms with Crippen LogP contribution >= 0.6 is 0 Å². The summed E-state index contributed by atoms with van der Waals surface area (Å²) < 4.78 is 23.0. The molecule has 3 N–H and O–H groups in total. The molecule has 2 heterocycles. The highest BCUT2D eigenvalue weighted by molar-refractivity contribution is 6.15. The molecule has 0 saturated carbocycles. The summed E-state index contributed by atoms with van der Waals surface area (Å²) in [5.41, 5.74) is 1.56. The number of aromatic hydroxyl groups is 1. The number of phenolic OH excluding ortho intramolecular Hbond substituents is 1. The Morgan fingerprint density at radius 3 is 2.23 bits per heavy atom. The van der Waals surface area contributed by atoms with Gasteiger partial charge in [-0.3, -0.25) is 4.79 Å². The zero-order valence-electron chi connectivity index (χ0n) is 22.2. The lowest BCUT2D eigenvalue weighted by Gasteiger charge is -2.18. The number of carboxylic acid groups (broad SMARTS) is 2. The number of hydrogen-bond acceptors (Lipinski definition) is 9. The molecule has 0 aliphatic carbocycles. The number of quaternary nitrogens is 1. The molecule has 0 atom stereocenters. The van der Waals surface area contributed by atoms with Crippen molar-refractivity contribution in [2.24, 2.45) is 0 Å². The lowest BCUT2D eigenvalue weighted by molar-refractivity contribution is -0.887. The SMILES string of the molecule is COc1c(C(=O)/C=C/c2ccc(O)cc2)c(OCC[NH+]2CCCC2)c(OC)c2occc12.O=C([O-])/C=C\C(=O)O. The molecule has 1 aromatic heterocycles. The van der Waals surface area contributed by atoms with Crippen molar-refractivity contribution in [2.45, 2.75) is 12.8 Å². The first-order chi connectivity index (χ1) is 19.2. The minimum atomic E-state index is -1.51. The van der Waals surface area contributed by atoms with Gasteiger partial charge in [-0.25, -0.2) is 4.79 Å². The highest BCUT2D eigenvalue weighted by Crippen LogP contribution is 2.46. The molecule has 1 saturated heterocycles. The van der Waals surface area contributed by atoms with Crippen LogP contribution in [0.5, 0.6) is 23.0 Å². The molecule has 11 heteroatoms. The Bertz CT molecular complexity index is 1370. The minimum Gasteiger partial charge on any atom is -0.545 e. The Balaban J connectivity index is 0.000000482. The van der Waals surface area contributed by atoms with E-state index in [1.165, 1.54) is 44.3 Å². The molecule has 212 valence electrons. The van der Waals surface area contributed by atoms with Crippen molar-refractivity contribution in [3.63, 3.8) is 0 Å². The lowest BCUT2D eigenvalue weighted by Crippen LogP contribution is -3.10. The molecule has 0 radical (unpaired) electrons. The molecule has 1 aliphatic rings. The van der Waals surface area contributed by atoms with Gasteiger partial charge in [0.25, 0.3) is 0 Å². The molecule has 0 spiro atoms. The van der Waals surface area contributed by atoms with Gasteiger partial charge in [-0.1, -0.05) is 18.2 Å². The van der Waals surface area contributed by atoms with Crippen molar-refractivity contribution in [3.8, 4) is 23.0 Å². The van der Waals surface area contributed by atoms with Crippen LogP contribution in [0.25, 0.3) is 17.0 Å². The summed E-state index contributed by atoms with van der Waals surface area (Å²) in [6.45, 7) is 3.58. The molecule has 1 aliphatic heterocycles. The van der Waals surface area contributed by atoms with Crippen molar-refractivity contribution in [1.29, 1.82) is 0 Å². The fourth-order valence-electron chi connectivity index (χ4n) is 4.28. The van der Waals surface area contributed by atoms with Crippen LogP contribution in [-0.2, 0) is 9.59 Å². The van der Waals surface area contributed by atoms with Crippen LogP contribution in [0, 0.1) is 0 Å². The van der Waals surface area contributed by atoms with E-state index in [4.69, 9.17) is 23.7 Å². The molecular weight excluding hydrogens is 522 g/mol. The van der Waals surface area contributed by atoms with E-state index >= 15 is 0 Å². The van der Waals surface area contributed by atoms with E-state index in [1.807, 2.05) is 0 Å². The fraction of sp³-hybridized carbons (Fsp3) is 0.276. The first kappa shape index (κ1) is 29.8. The molecule has 0 amide bonds. The smallest absolute Gasteiger partial charge is 0.328 e. The molecule has 3 aromatic rings. The number of hydrogen-bond donors (Lipinski definition) is 3. The Morgan fingerprint density at radius 1 is 0.975 bits per heavy atom. The summed E-state index contributed by atoms with van der Waals surface area (Å²) in [5, 5.41) is 27.3. The second-order valence-corrected chi connectivity index (χ2v) is 8.77. The van der Waals surface area contributed by atoms with E-state index in [2.05, 4.69) is 0 Å². The van der Waals surface area contributed by atoms with Gasteiger partial charge in [-0.2, -0.15) is 0 Å². The third kappa shape index (κ3) is 7.87. The van der Waals surface area contributed by atoms with Crippen LogP contribution in [0.1, 0.15) is 28.8 Å². The number of phenols is 1. The summed E-state index contributed by atoms with van der Waals surface area (Å²) in [6, 6.07) is 8.34. The predicted octanol–water partition coefficient (Wildman–Crippen LogP) is 1.49. The molecule has 0 bridgehead atoms. The van der Waals surface area contributed by atoms with E-state index in [0.29, 0.717) is 52.5 Å². The predicted molar refractivity (Wildman–Crippen MR) is 143 cm³/mol. The average molecular weight is 554 g/mol. The molecule has 40 heavy (non-hydrogen) atoms. The number of fused-ring (bicyclic) bond motifs is 1. The maximum atomic E-state index is 13.4. The van der Waals surface area contributed by atoms with Gasteiger partial charge in [0.2, 0.25) is 5.75 Å². The van der Waals surface area contributed by atoms with Crippen molar-refractivity contribution in [2.75, 3.05) is 40.5 Å². The molecule has 2 aromatic carbocycles. The topological polar surface area (TPSA) is 160 Å². The van der Waals surface area contributed by atoms with E-state index in [9.17, 15) is 24.6 Å². The van der Waals surface area contributed by atoms with Crippen LogP contribution in [-0.4, -0.2) is 68.4 Å². The number of furan rings is 1. The summed E-state index contributed by atoms with van der Waals surface area (Å²) in [5.74, 6) is -1.82. The Kier molecular flexibility index (Phi) is 10.7. The minimum absolute atomic E-state index is 0.168. The first-order valence-corrected chi connectivity index (χ1v) is 12.5. The van der Waals surface area contributed by atoms with Crippen LogP contribution < -0.4 is 24.2 Å². The van der Waals surface area contributed by atoms with Crippen molar-refractivity contribution >= 4 is 34.8 Å². The van der Waals surface area contributed by atoms with Crippen molar-refractivity contribution in [1.82, 2.24) is 0 Å². The summed E-state index contributed by atoms with van der Waals surface area (Å²) in [4.78, 5) is 33.8. The van der Waals surface area contributed by atoms with E-state index in [0.717, 1.165) is 25.2 Å². The number of carbonyl (C=O) groups is 3. The number of allylic oxidation sites excluding steroid dienone is 1. The third-order valence-electron chi connectivity index (χ3n) is 6.13. The number of likely N-dealkylation sites (tertiary alicyclic amines) is 1. The van der Waals surface area contributed by atoms with Gasteiger partial charge in [0.1, 0.15) is 30.2 Å². The monoisotopic (exact) mass is 553 g/mol. The number of rotatable bonds is 11. The standard InChI is InChI=1S/C25H27NO6.C4H4O4/c1-29-22-19-11-15-31-23(19)25(30-2)24(32-16-14-26-12-3-4-13-26)21(22)20(28)10-7-17-5-8-18(27)9-6-17;5-3(6)1-2-4(7)8/h5-11,15,27H,3-4,12-14,16H2,1-2H3;1-2H,(H,5,6)(H,7,8)/b10-7+;2-1-. The maximum absolute atomic E-state index is 13.4. The highest BCUT2D eigenvalue weighted by atomic mass is 16.5. The van der Waals surface area contributed by atoms with E-state index in [1.54, 1.807) is 36.4 Å². The Labute approximate surface area is 230 Å². The van der Waals surface area contributed by atoms with Crippen LogP contribution in [0.2, 0.25) is 0 Å². The average Bonchev–Trinajstić information content (AvgIpc) is 3.63. The molecule has 0 unspecified atom stereocenters. The van der Waals surface area contributed by atoms with Gasteiger partial charge in [0.15, 0.2) is 17.1 Å². The van der Waals surface area contributed by atoms with E-state index < -0.39 is 11.9 Å². The Morgan fingerprint density at radius 2 is 1.65 bits per heavy atom. The fourth-order valence-corrected chi connectivity index (χ4v) is 4.28. The normalized spacial score (nSPS) is 13.3. The number of carbonyl (C=O) groups excluding carboxylic acids is 2. The lowest BCUT2D eigenvalue weighted by atomic mass is 10.0. The van der Waals surface area contributed by atoms with Gasteiger partial charge in [-0.15, -0.1) is 0 Å². The third-order valence-corrected chi connectivity index (χ3v) is 6.13. The largest absolute Gasteiger partial charge is 0.545 e. The zero-order chi connectivity index (χ0) is 29.1. The van der Waals surface area contributed by atoms with Gasteiger partial charge in [0.05, 0.1) is 44.9 Å². The van der Waals surface area contributed by atoms with Crippen molar-refractivity contribution in [3.05, 3.63) is 65.9 Å². The summed E-state index contributed by atoms with van der Waals surface area (Å²) >= 11 is 0. The number of ether oxygens (including phenoxy) is 3. The first-order valence-electron chi connectivity index (χ1n) is 12.5. The van der Waals surface area contributed by atoms with Crippen molar-refractivity contribution < 1.29 is 53.2 Å². The molecule has 11 nitrogen and oxygen atoms in total. The molecular formula is C29H31NO10. The molecule has 4 rings (SSSR count). The van der Waals surface area contributed by atoms with Gasteiger partial charge >= 0.3 is 5.97 Å². The summed E-state index contributed by atoms with van der Waals surface area (Å²) in [7, 11) is 3.05. The summed E-state index contributed by atoms with van der Waals surface area (Å²) in [6.07, 6.45) is 8.10. The van der Waals surface area contributed by atoms with Crippen LogP contribution in [0.15, 0.2) is 59.2 Å². The number of benzene rings is 2. The van der Waals surface area contributed by atoms with Gasteiger partial charge in [-0.05, 0) is 35.9 Å².